The number of hydrogen-bond donors (Lipinski definition) is 5. The number of aliphatic hydroxyl groups excluding tert-OH is 1. The standard InChI is InChI=1S/C43H57N9O4S/c1-27-18-36(49-50-38(27)48-40-46-33-10-7-8-11-34(33)57-40)52(6)35-13-12-31(37(47-35)39(54)55)32(22-44)28(2)45-23-30-20-42(4)24-41(3)19-29(30)21-43(25-41,26-42)56-17-15-51(5)14-9-16-53/h7-8,10-13,18,22,29-30,44-45,53H,9,14-17,19-21,23-26H2,1-6H3,(H,54,55)(H,46,48,50)/b32-28+,44-22?. The van der Waals surface area contributed by atoms with Crippen LogP contribution >= 0.6 is 11.3 Å². The van der Waals surface area contributed by atoms with E-state index < -0.39 is 5.97 Å². The molecule has 4 fully saturated rings. The number of hydrogen-bond acceptors (Lipinski definition) is 13. The van der Waals surface area contributed by atoms with E-state index in [4.69, 9.17) is 10.1 Å². The number of nitrogens with one attached hydrogen (secondary N) is 3. The van der Waals surface area contributed by atoms with Gasteiger partial charge in [0.25, 0.3) is 0 Å². The van der Waals surface area contributed by atoms with Crippen molar-refractivity contribution >= 4 is 61.9 Å². The highest BCUT2D eigenvalue weighted by atomic mass is 32.1. The summed E-state index contributed by atoms with van der Waals surface area (Å²) in [7, 11) is 3.87. The van der Waals surface area contributed by atoms with Gasteiger partial charge in [0.2, 0.25) is 0 Å². The second kappa shape index (κ2) is 16.4. The SMILES string of the molecule is C/C(NCC1CC2(C)CC3(C)CC1CC(OCCN(C)CCCO)(C2)C3)=C(/C=N)c1ccc(N(C)c2cc(C)c(Nc3nc4ccccc4s3)nn2)nc1C(=O)O. The van der Waals surface area contributed by atoms with Crippen LogP contribution in [-0.2, 0) is 4.74 Å². The largest absolute Gasteiger partial charge is 0.476 e. The zero-order valence-corrected chi connectivity index (χ0v) is 34.9. The van der Waals surface area contributed by atoms with Gasteiger partial charge in [-0.1, -0.05) is 37.3 Å². The molecule has 0 saturated heterocycles. The third-order valence-electron chi connectivity index (χ3n) is 12.5. The summed E-state index contributed by atoms with van der Waals surface area (Å²) in [6.07, 6.45) is 8.75. The van der Waals surface area contributed by atoms with E-state index in [2.05, 4.69) is 56.6 Å². The van der Waals surface area contributed by atoms with Crippen molar-refractivity contribution in [1.29, 1.82) is 5.41 Å². The minimum atomic E-state index is -1.17. The van der Waals surface area contributed by atoms with Gasteiger partial charge in [-0.15, -0.1) is 10.2 Å². The number of pyridine rings is 1. The predicted octanol–water partition coefficient (Wildman–Crippen LogP) is 7.67. The molecule has 5 N–H and O–H groups in total. The summed E-state index contributed by atoms with van der Waals surface area (Å²) in [6, 6.07) is 13.3. The number of carbonyl (C=O) groups is 1. The molecule has 57 heavy (non-hydrogen) atoms. The maximum atomic E-state index is 12.7. The van der Waals surface area contributed by atoms with Crippen molar-refractivity contribution < 1.29 is 19.7 Å². The summed E-state index contributed by atoms with van der Waals surface area (Å²) in [4.78, 5) is 25.9. The lowest BCUT2D eigenvalue weighted by atomic mass is 9.53. The van der Waals surface area contributed by atoms with E-state index in [-0.39, 0.29) is 28.7 Å². The molecule has 8 rings (SSSR count). The number of allylic oxidation sites excluding steroid dienone is 2. The zero-order chi connectivity index (χ0) is 40.5. The van der Waals surface area contributed by atoms with Gasteiger partial charge in [-0.05, 0) is 124 Å². The molecule has 0 spiro atoms. The number of aliphatic hydroxyl groups is 1. The second-order valence-corrected chi connectivity index (χ2v) is 18.6. The van der Waals surface area contributed by atoms with Crippen LogP contribution in [0.1, 0.15) is 87.3 Å². The van der Waals surface area contributed by atoms with Crippen LogP contribution in [0.2, 0.25) is 0 Å². The smallest absolute Gasteiger partial charge is 0.355 e. The van der Waals surface area contributed by atoms with Crippen molar-refractivity contribution in [3.63, 3.8) is 0 Å². The molecule has 4 aliphatic carbocycles. The number of rotatable bonds is 17. The maximum absolute atomic E-state index is 12.7. The molecule has 4 bridgehead atoms. The number of thiazole rings is 1. The van der Waals surface area contributed by atoms with Gasteiger partial charge in [0.1, 0.15) is 5.82 Å². The van der Waals surface area contributed by atoms with Crippen LogP contribution in [0.25, 0.3) is 15.8 Å². The first-order valence-electron chi connectivity index (χ1n) is 20.1. The lowest BCUT2D eigenvalue weighted by molar-refractivity contribution is -0.165. The Morgan fingerprint density at radius 2 is 1.81 bits per heavy atom. The predicted molar refractivity (Wildman–Crippen MR) is 227 cm³/mol. The molecule has 1 aromatic carbocycles. The number of fused-ring (bicyclic) bond motifs is 2. The Labute approximate surface area is 339 Å². The van der Waals surface area contributed by atoms with Gasteiger partial charge in [0, 0.05) is 56.3 Å². The first kappa shape index (κ1) is 40.7. The third kappa shape index (κ3) is 8.84. The summed E-state index contributed by atoms with van der Waals surface area (Å²) in [6.45, 7) is 12.1. The summed E-state index contributed by atoms with van der Waals surface area (Å²) in [5, 5.41) is 44.5. The minimum absolute atomic E-state index is 0.112. The highest BCUT2D eigenvalue weighted by Crippen LogP contribution is 2.66. The fraction of sp³-hybridized carbons (Fsp3) is 0.535. The van der Waals surface area contributed by atoms with Crippen LogP contribution in [0.5, 0.6) is 0 Å². The second-order valence-electron chi connectivity index (χ2n) is 17.5. The number of likely N-dealkylation sites (N-methyl/N-ethyl adjacent to an activating group) is 1. The number of aromatic nitrogens is 4. The first-order valence-corrected chi connectivity index (χ1v) is 20.9. The Morgan fingerprint density at radius 3 is 2.53 bits per heavy atom. The highest BCUT2D eigenvalue weighted by Gasteiger charge is 2.60. The van der Waals surface area contributed by atoms with Crippen molar-refractivity contribution in [2.45, 2.75) is 78.2 Å². The molecule has 5 atom stereocenters. The number of carboxylic acid groups (broad SMARTS) is 1. The summed E-state index contributed by atoms with van der Waals surface area (Å²) in [5.74, 6) is 1.25. The Morgan fingerprint density at radius 1 is 1.04 bits per heavy atom. The molecule has 4 aromatic rings. The van der Waals surface area contributed by atoms with Crippen molar-refractivity contribution in [2.24, 2.45) is 22.7 Å². The Bertz CT molecular complexity index is 2130. The normalized spacial score (nSPS) is 25.7. The third-order valence-corrected chi connectivity index (χ3v) is 13.4. The number of ether oxygens (including phenoxy) is 1. The molecule has 14 heteroatoms. The fourth-order valence-electron chi connectivity index (χ4n) is 10.5. The van der Waals surface area contributed by atoms with Crippen molar-refractivity contribution in [2.75, 3.05) is 57.2 Å². The molecule has 0 aliphatic heterocycles. The average molecular weight is 796 g/mol. The molecule has 4 saturated carbocycles. The number of aromatic carboxylic acids is 1. The van der Waals surface area contributed by atoms with E-state index in [1.54, 1.807) is 24.1 Å². The number of benzene rings is 1. The van der Waals surface area contributed by atoms with E-state index in [1.165, 1.54) is 30.4 Å². The molecule has 304 valence electrons. The Hall–Kier alpha value is -4.50. The van der Waals surface area contributed by atoms with Crippen LogP contribution < -0.4 is 15.5 Å². The number of carboxylic acids is 1. The zero-order valence-electron chi connectivity index (χ0n) is 34.1. The van der Waals surface area contributed by atoms with Crippen LogP contribution in [0.15, 0.2) is 48.2 Å². The fourth-order valence-corrected chi connectivity index (χ4v) is 11.3. The summed E-state index contributed by atoms with van der Waals surface area (Å²) >= 11 is 1.54. The van der Waals surface area contributed by atoms with Gasteiger partial charge in [-0.3, -0.25) is 0 Å². The molecular formula is C43H57N9O4S. The topological polar surface area (TPSA) is 173 Å². The van der Waals surface area contributed by atoms with Gasteiger partial charge in [0.15, 0.2) is 22.5 Å². The molecule has 5 unspecified atom stereocenters. The molecule has 3 heterocycles. The van der Waals surface area contributed by atoms with Crippen molar-refractivity contribution in [3.8, 4) is 0 Å². The Balaban J connectivity index is 1.05. The molecular weight excluding hydrogens is 739 g/mol. The first-order chi connectivity index (χ1) is 27.2. The molecule has 0 radical (unpaired) electrons. The van der Waals surface area contributed by atoms with Crippen molar-refractivity contribution in [3.05, 3.63) is 65.0 Å². The quantitative estimate of drug-likeness (QED) is 0.0662. The number of anilines is 4. The number of nitrogens with zero attached hydrogens (tertiary/aromatic N) is 6. The molecule has 4 aliphatic rings. The number of para-hydroxylation sites is 1. The van der Waals surface area contributed by atoms with Crippen molar-refractivity contribution in [1.82, 2.24) is 30.4 Å². The van der Waals surface area contributed by atoms with Crippen LogP contribution in [0.4, 0.5) is 22.6 Å². The van der Waals surface area contributed by atoms with E-state index in [1.807, 2.05) is 44.2 Å². The molecule has 13 nitrogen and oxygen atoms in total. The van der Waals surface area contributed by atoms with Gasteiger partial charge in [-0.2, -0.15) is 0 Å². The van der Waals surface area contributed by atoms with Crippen LogP contribution in [0.3, 0.4) is 0 Å². The van der Waals surface area contributed by atoms with E-state index in [9.17, 15) is 15.0 Å². The lowest BCUT2D eigenvalue weighted by Crippen LogP contribution is -2.53. The molecule has 3 aromatic heterocycles. The number of aryl methyl sites for hydroxylation is 1. The lowest BCUT2D eigenvalue weighted by Gasteiger charge is -2.56. The van der Waals surface area contributed by atoms with E-state index in [0.29, 0.717) is 47.0 Å². The van der Waals surface area contributed by atoms with E-state index >= 15 is 0 Å². The minimum Gasteiger partial charge on any atom is -0.476 e. The molecule has 0 amide bonds. The van der Waals surface area contributed by atoms with E-state index in [0.717, 1.165) is 78.3 Å². The highest BCUT2D eigenvalue weighted by molar-refractivity contribution is 7.22. The van der Waals surface area contributed by atoms with Gasteiger partial charge >= 0.3 is 5.97 Å². The monoisotopic (exact) mass is 795 g/mol. The maximum Gasteiger partial charge on any atom is 0.355 e. The van der Waals surface area contributed by atoms with Gasteiger partial charge in [0.05, 0.1) is 22.4 Å². The van der Waals surface area contributed by atoms with Gasteiger partial charge in [-0.25, -0.2) is 14.8 Å². The van der Waals surface area contributed by atoms with Gasteiger partial charge < -0.3 is 40.8 Å². The summed E-state index contributed by atoms with van der Waals surface area (Å²) in [5.41, 5.74) is 3.57. The summed E-state index contributed by atoms with van der Waals surface area (Å²) < 4.78 is 7.96. The average Bonchev–Trinajstić information content (AvgIpc) is 3.52. The van der Waals surface area contributed by atoms with Crippen LogP contribution in [0, 0.1) is 35.0 Å². The van der Waals surface area contributed by atoms with Crippen LogP contribution in [-0.4, -0.2) is 100 Å². The Kier molecular flexibility index (Phi) is 11.7.